The second kappa shape index (κ2) is 2.51. The maximum Gasteiger partial charge on any atom is 0.141 e. The molecule has 0 radical (unpaired) electrons. The first-order valence-corrected chi connectivity index (χ1v) is 3.61. The lowest BCUT2D eigenvalue weighted by atomic mass is 10.1. The summed E-state index contributed by atoms with van der Waals surface area (Å²) in [6, 6.07) is 3.70. The number of hydrogen-bond donors (Lipinski definition) is 1. The molecule has 11 heavy (non-hydrogen) atoms. The Morgan fingerprint density at radius 2 is 2.55 bits per heavy atom. The molecule has 0 aromatic carbocycles. The summed E-state index contributed by atoms with van der Waals surface area (Å²) >= 11 is 0. The fourth-order valence-corrected chi connectivity index (χ4v) is 1.18. The highest BCUT2D eigenvalue weighted by Crippen LogP contribution is 2.21. The summed E-state index contributed by atoms with van der Waals surface area (Å²) in [5, 5.41) is 9.19. The maximum atomic E-state index is 9.19. The Kier molecular flexibility index (Phi) is 1.51. The Hall–Kier alpha value is -1.09. The molecule has 3 heteroatoms. The van der Waals surface area contributed by atoms with E-state index >= 15 is 0 Å². The van der Waals surface area contributed by atoms with Gasteiger partial charge < -0.3 is 9.84 Å². The number of aliphatic hydroxyl groups excluding tert-OH is 1. The van der Waals surface area contributed by atoms with Crippen molar-refractivity contribution in [2.75, 3.05) is 6.61 Å². The number of rotatable bonds is 0. The van der Waals surface area contributed by atoms with Crippen LogP contribution in [0.2, 0.25) is 0 Å². The molecule has 1 aromatic rings. The first kappa shape index (κ1) is 6.61. The summed E-state index contributed by atoms with van der Waals surface area (Å²) in [6.45, 7) is 0.388. The van der Waals surface area contributed by atoms with E-state index in [1.807, 2.05) is 12.1 Å². The Bertz CT molecular complexity index is 262. The SMILES string of the molecule is OC1COc2cccnc2C1. The minimum absolute atomic E-state index is 0.388. The Morgan fingerprint density at radius 3 is 3.45 bits per heavy atom. The van der Waals surface area contributed by atoms with Gasteiger partial charge in [0.1, 0.15) is 12.4 Å². The smallest absolute Gasteiger partial charge is 0.141 e. The maximum absolute atomic E-state index is 9.19. The van der Waals surface area contributed by atoms with E-state index in [9.17, 15) is 5.11 Å². The fraction of sp³-hybridized carbons (Fsp3) is 0.375. The van der Waals surface area contributed by atoms with Gasteiger partial charge in [0.15, 0.2) is 0 Å². The molecule has 1 aliphatic rings. The van der Waals surface area contributed by atoms with Crippen molar-refractivity contribution in [3.63, 3.8) is 0 Å². The van der Waals surface area contributed by atoms with Crippen LogP contribution >= 0.6 is 0 Å². The lowest BCUT2D eigenvalue weighted by molar-refractivity contribution is 0.0903. The van der Waals surface area contributed by atoms with E-state index in [0.717, 1.165) is 11.4 Å². The van der Waals surface area contributed by atoms with Gasteiger partial charge in [0.05, 0.1) is 11.8 Å². The monoisotopic (exact) mass is 151 g/mol. The summed E-state index contributed by atoms with van der Waals surface area (Å²) in [4.78, 5) is 4.08. The van der Waals surface area contributed by atoms with Gasteiger partial charge in [0.2, 0.25) is 0 Å². The molecule has 1 N–H and O–H groups in total. The van der Waals surface area contributed by atoms with E-state index in [0.29, 0.717) is 13.0 Å². The average molecular weight is 151 g/mol. The van der Waals surface area contributed by atoms with Crippen LogP contribution in [0.5, 0.6) is 5.75 Å². The van der Waals surface area contributed by atoms with Crippen LogP contribution < -0.4 is 4.74 Å². The number of hydrogen-bond acceptors (Lipinski definition) is 3. The van der Waals surface area contributed by atoms with E-state index < -0.39 is 6.10 Å². The highest BCUT2D eigenvalue weighted by atomic mass is 16.5. The highest BCUT2D eigenvalue weighted by molar-refractivity contribution is 5.29. The Balaban J connectivity index is 2.34. The van der Waals surface area contributed by atoms with Gasteiger partial charge in [-0.05, 0) is 12.1 Å². The quantitative estimate of drug-likeness (QED) is 0.582. The minimum atomic E-state index is -0.391. The van der Waals surface area contributed by atoms with Gasteiger partial charge in [-0.2, -0.15) is 0 Å². The molecule has 1 unspecified atom stereocenters. The zero-order chi connectivity index (χ0) is 7.68. The third-order valence-corrected chi connectivity index (χ3v) is 1.71. The van der Waals surface area contributed by atoms with E-state index in [1.54, 1.807) is 6.20 Å². The Labute approximate surface area is 64.6 Å². The average Bonchev–Trinajstić information content (AvgIpc) is 2.04. The predicted molar refractivity (Wildman–Crippen MR) is 39.4 cm³/mol. The molecular weight excluding hydrogens is 142 g/mol. The standard InChI is InChI=1S/C8H9NO2/c10-6-4-7-8(11-5-6)2-1-3-9-7/h1-3,6,10H,4-5H2. The molecule has 0 aliphatic carbocycles. The van der Waals surface area contributed by atoms with Crippen molar-refractivity contribution in [3.8, 4) is 5.75 Å². The molecule has 0 bridgehead atoms. The molecule has 0 fully saturated rings. The van der Waals surface area contributed by atoms with Gasteiger partial charge in [-0.3, -0.25) is 4.98 Å². The fourth-order valence-electron chi connectivity index (χ4n) is 1.18. The number of nitrogens with zero attached hydrogens (tertiary/aromatic N) is 1. The first-order chi connectivity index (χ1) is 5.36. The number of aliphatic hydroxyl groups is 1. The topological polar surface area (TPSA) is 42.4 Å². The second-order valence-corrected chi connectivity index (χ2v) is 2.62. The molecular formula is C8H9NO2. The highest BCUT2D eigenvalue weighted by Gasteiger charge is 2.17. The molecule has 2 rings (SSSR count). The van der Waals surface area contributed by atoms with Gasteiger partial charge in [-0.1, -0.05) is 0 Å². The van der Waals surface area contributed by atoms with Crippen molar-refractivity contribution in [1.29, 1.82) is 0 Å². The van der Waals surface area contributed by atoms with Gasteiger partial charge in [-0.25, -0.2) is 0 Å². The van der Waals surface area contributed by atoms with Crippen LogP contribution in [0, 0.1) is 0 Å². The number of pyridine rings is 1. The van der Waals surface area contributed by atoms with Crippen LogP contribution in [-0.4, -0.2) is 22.8 Å². The summed E-state index contributed by atoms with van der Waals surface area (Å²) in [5.74, 6) is 0.804. The van der Waals surface area contributed by atoms with Crippen molar-refractivity contribution in [2.45, 2.75) is 12.5 Å². The van der Waals surface area contributed by atoms with Crippen molar-refractivity contribution < 1.29 is 9.84 Å². The van der Waals surface area contributed by atoms with Crippen LogP contribution in [0.1, 0.15) is 5.69 Å². The lowest BCUT2D eigenvalue weighted by Crippen LogP contribution is -2.25. The van der Waals surface area contributed by atoms with Crippen LogP contribution in [0.25, 0.3) is 0 Å². The number of aromatic nitrogens is 1. The lowest BCUT2D eigenvalue weighted by Gasteiger charge is -2.19. The Morgan fingerprint density at radius 1 is 1.64 bits per heavy atom. The molecule has 0 spiro atoms. The third-order valence-electron chi connectivity index (χ3n) is 1.71. The molecule has 0 saturated carbocycles. The van der Waals surface area contributed by atoms with Crippen LogP contribution in [0.3, 0.4) is 0 Å². The summed E-state index contributed by atoms with van der Waals surface area (Å²) in [5.41, 5.74) is 0.853. The van der Waals surface area contributed by atoms with E-state index in [4.69, 9.17) is 4.74 Å². The first-order valence-electron chi connectivity index (χ1n) is 3.61. The van der Waals surface area contributed by atoms with E-state index in [2.05, 4.69) is 4.98 Å². The van der Waals surface area contributed by atoms with Crippen molar-refractivity contribution in [3.05, 3.63) is 24.0 Å². The van der Waals surface area contributed by atoms with Gasteiger partial charge >= 0.3 is 0 Å². The minimum Gasteiger partial charge on any atom is -0.489 e. The van der Waals surface area contributed by atoms with E-state index in [-0.39, 0.29) is 0 Å². The molecule has 0 amide bonds. The van der Waals surface area contributed by atoms with Crippen LogP contribution in [0.15, 0.2) is 18.3 Å². The number of fused-ring (bicyclic) bond motifs is 1. The molecule has 1 aromatic heterocycles. The zero-order valence-electron chi connectivity index (χ0n) is 6.03. The van der Waals surface area contributed by atoms with Crippen molar-refractivity contribution in [2.24, 2.45) is 0 Å². The van der Waals surface area contributed by atoms with Gasteiger partial charge in [0, 0.05) is 12.6 Å². The summed E-state index contributed by atoms with van der Waals surface area (Å²) in [7, 11) is 0. The van der Waals surface area contributed by atoms with Crippen molar-refractivity contribution >= 4 is 0 Å². The van der Waals surface area contributed by atoms with Crippen LogP contribution in [-0.2, 0) is 6.42 Å². The van der Waals surface area contributed by atoms with Crippen LogP contribution in [0.4, 0.5) is 0 Å². The summed E-state index contributed by atoms with van der Waals surface area (Å²) < 4.78 is 5.22. The molecule has 1 aliphatic heterocycles. The molecule has 3 nitrogen and oxygen atoms in total. The van der Waals surface area contributed by atoms with Gasteiger partial charge in [0.25, 0.3) is 0 Å². The zero-order valence-corrected chi connectivity index (χ0v) is 6.03. The summed E-state index contributed by atoms with van der Waals surface area (Å²) in [6.07, 6.45) is 1.92. The molecule has 58 valence electrons. The molecule has 1 atom stereocenters. The second-order valence-electron chi connectivity index (χ2n) is 2.62. The number of ether oxygens (including phenoxy) is 1. The normalized spacial score (nSPS) is 22.1. The van der Waals surface area contributed by atoms with E-state index in [1.165, 1.54) is 0 Å². The molecule has 0 saturated heterocycles. The van der Waals surface area contributed by atoms with Gasteiger partial charge in [-0.15, -0.1) is 0 Å². The molecule has 2 heterocycles. The predicted octanol–water partition coefficient (Wildman–Crippen LogP) is 0.377. The largest absolute Gasteiger partial charge is 0.489 e. The van der Waals surface area contributed by atoms with Crippen molar-refractivity contribution in [1.82, 2.24) is 4.98 Å². The third kappa shape index (κ3) is 1.19.